The summed E-state index contributed by atoms with van der Waals surface area (Å²) in [5, 5.41) is 20.1. The van der Waals surface area contributed by atoms with Gasteiger partial charge in [0.1, 0.15) is 0 Å². The largest absolute Gasteiger partial charge is 0.387 e. The van der Waals surface area contributed by atoms with E-state index in [-0.39, 0.29) is 0 Å². The monoisotopic (exact) mass is 594 g/mol. The average Bonchev–Trinajstić information content (AvgIpc) is 2.90. The molecule has 43 heavy (non-hydrogen) atoms. The van der Waals surface area contributed by atoms with Crippen molar-refractivity contribution in [3.05, 3.63) is 34.4 Å². The van der Waals surface area contributed by atoms with E-state index in [1.807, 2.05) is 0 Å². The first kappa shape index (κ1) is 36.3. The van der Waals surface area contributed by atoms with E-state index in [1.54, 1.807) is 16.7 Å². The van der Waals surface area contributed by atoms with Gasteiger partial charge in [0.2, 0.25) is 0 Å². The van der Waals surface area contributed by atoms with Crippen LogP contribution >= 0.6 is 0 Å². The van der Waals surface area contributed by atoms with Gasteiger partial charge in [0.25, 0.3) is 0 Å². The molecule has 0 aromatic heterocycles. The van der Waals surface area contributed by atoms with Crippen LogP contribution in [0.3, 0.4) is 0 Å². The Kier molecular flexibility index (Phi) is 15.3. The van der Waals surface area contributed by atoms with Crippen LogP contribution in [0.25, 0.3) is 0 Å². The van der Waals surface area contributed by atoms with Gasteiger partial charge in [-0.3, -0.25) is 0 Å². The fourth-order valence-corrected chi connectivity index (χ4v) is 7.99. The van der Waals surface area contributed by atoms with Gasteiger partial charge in [-0.05, 0) is 149 Å². The maximum absolute atomic E-state index is 11.2. The summed E-state index contributed by atoms with van der Waals surface area (Å²) in [4.78, 5) is 0. The van der Waals surface area contributed by atoms with E-state index in [0.29, 0.717) is 23.5 Å². The molecule has 0 heterocycles. The van der Waals surface area contributed by atoms with Crippen molar-refractivity contribution in [1.29, 1.82) is 5.41 Å². The van der Waals surface area contributed by atoms with Gasteiger partial charge in [-0.25, -0.2) is 0 Å². The van der Waals surface area contributed by atoms with E-state index in [4.69, 9.17) is 5.41 Å². The Morgan fingerprint density at radius 3 is 2.23 bits per heavy atom. The molecule has 0 aromatic rings. The van der Waals surface area contributed by atoms with Gasteiger partial charge >= 0.3 is 0 Å². The van der Waals surface area contributed by atoms with Crippen molar-refractivity contribution < 1.29 is 5.11 Å². The first-order valence-electron chi connectivity index (χ1n) is 18.9. The minimum Gasteiger partial charge on any atom is -0.387 e. The highest BCUT2D eigenvalue weighted by Crippen LogP contribution is 2.41. The predicted octanol–water partition coefficient (Wildman–Crippen LogP) is 12.7. The molecule has 0 amide bonds. The molecule has 2 N–H and O–H groups in total. The Bertz CT molecular complexity index is 941. The normalized spacial score (nSPS) is 23.6. The lowest BCUT2D eigenvalue weighted by atomic mass is 9.74. The molecule has 3 aliphatic carbocycles. The highest BCUT2D eigenvalue weighted by molar-refractivity contribution is 5.85. The Labute approximate surface area is 268 Å². The predicted molar refractivity (Wildman–Crippen MR) is 189 cm³/mol. The van der Waals surface area contributed by atoms with Crippen LogP contribution in [0.2, 0.25) is 0 Å². The molecule has 0 aromatic carbocycles. The van der Waals surface area contributed by atoms with Crippen molar-refractivity contribution in [3.8, 4) is 0 Å². The Hall–Kier alpha value is -1.15. The second-order valence-corrected chi connectivity index (χ2v) is 16.1. The summed E-state index contributed by atoms with van der Waals surface area (Å²) >= 11 is 0. The van der Waals surface area contributed by atoms with Crippen LogP contribution in [-0.2, 0) is 0 Å². The maximum atomic E-state index is 11.2. The second kappa shape index (κ2) is 18.1. The van der Waals surface area contributed by atoms with Crippen molar-refractivity contribution >= 4 is 5.71 Å². The number of rotatable bonds is 18. The summed E-state index contributed by atoms with van der Waals surface area (Å²) in [5.41, 5.74) is 8.80. The molecule has 246 valence electrons. The molecule has 0 spiro atoms. The van der Waals surface area contributed by atoms with E-state index in [2.05, 4.69) is 48.1 Å². The van der Waals surface area contributed by atoms with Crippen molar-refractivity contribution in [2.24, 2.45) is 29.1 Å². The summed E-state index contributed by atoms with van der Waals surface area (Å²) in [6.45, 7) is 19.0. The van der Waals surface area contributed by atoms with Crippen LogP contribution in [0.4, 0.5) is 0 Å². The Morgan fingerprint density at radius 1 is 0.884 bits per heavy atom. The van der Waals surface area contributed by atoms with Gasteiger partial charge in [-0.15, -0.1) is 0 Å². The summed E-state index contributed by atoms with van der Waals surface area (Å²) < 4.78 is 0. The summed E-state index contributed by atoms with van der Waals surface area (Å²) in [7, 11) is 0. The van der Waals surface area contributed by atoms with Crippen molar-refractivity contribution in [1.82, 2.24) is 0 Å². The molecule has 0 aliphatic heterocycles. The van der Waals surface area contributed by atoms with Crippen molar-refractivity contribution in [2.75, 3.05) is 0 Å². The van der Waals surface area contributed by atoms with Gasteiger partial charge in [0, 0.05) is 5.71 Å². The molecule has 2 nitrogen and oxygen atoms in total. The van der Waals surface area contributed by atoms with E-state index < -0.39 is 6.10 Å². The molecule has 3 saturated carbocycles. The molecule has 3 aliphatic rings. The van der Waals surface area contributed by atoms with Gasteiger partial charge in [-0.1, -0.05) is 96.9 Å². The molecule has 2 heteroatoms. The quantitative estimate of drug-likeness (QED) is 0.0926. The van der Waals surface area contributed by atoms with Gasteiger partial charge in [-0.2, -0.15) is 0 Å². The van der Waals surface area contributed by atoms with E-state index >= 15 is 0 Å². The van der Waals surface area contributed by atoms with Gasteiger partial charge in [0.05, 0.1) is 6.10 Å². The number of aliphatic hydroxyl groups excluding tert-OH is 1. The lowest BCUT2D eigenvalue weighted by Crippen LogP contribution is -2.22. The third-order valence-corrected chi connectivity index (χ3v) is 12.0. The van der Waals surface area contributed by atoms with E-state index in [9.17, 15) is 5.11 Å². The first-order chi connectivity index (χ1) is 20.5. The van der Waals surface area contributed by atoms with Crippen LogP contribution in [0.1, 0.15) is 183 Å². The highest BCUT2D eigenvalue weighted by Gasteiger charge is 2.27. The van der Waals surface area contributed by atoms with Crippen LogP contribution in [-0.4, -0.2) is 16.9 Å². The molecular formula is C41H71NO. The standard InChI is InChI=1S/C41H71NO/c1-8-30(3)28-31(4)19-20-34(9-2)38(32(5)35-15-12-16-35)22-24-40(43)39(42)23-21-37(36-17-13-18-36)29-33-14-10-11-26-41(6,7)27-25-33/h30-31,33,35,40,42-43H,5,8-29H2,1-4,6-7H3/b38-34-,42-39?. The number of allylic oxidation sites excluding steroid dienone is 5. The molecule has 3 fully saturated rings. The molecule has 3 rings (SSSR count). The summed E-state index contributed by atoms with van der Waals surface area (Å²) in [5.74, 6) is 3.01. The molecule has 0 bridgehead atoms. The fraction of sp³-hybridized carbons (Fsp3) is 0.829. The average molecular weight is 594 g/mol. The number of nitrogens with one attached hydrogen (secondary N) is 1. The topological polar surface area (TPSA) is 44.1 Å². The number of hydrogen-bond donors (Lipinski definition) is 2. The highest BCUT2D eigenvalue weighted by atomic mass is 16.3. The van der Waals surface area contributed by atoms with Crippen molar-refractivity contribution in [2.45, 2.75) is 189 Å². The third-order valence-electron chi connectivity index (χ3n) is 12.0. The van der Waals surface area contributed by atoms with Crippen LogP contribution in [0, 0.1) is 34.5 Å². The number of aliphatic hydroxyl groups is 1. The molecular weight excluding hydrogens is 522 g/mol. The Balaban J connectivity index is 1.58. The summed E-state index contributed by atoms with van der Waals surface area (Å²) in [6.07, 6.45) is 26.0. The SMILES string of the molecule is C=C(/C(CCC(O)C(=N)CCC(CC1CCCCC(C)(C)CC1)=C1CCC1)=C(/CC)CCC(C)CC(C)CC)C1CCC1. The molecule has 4 unspecified atom stereocenters. The second-order valence-electron chi connectivity index (χ2n) is 16.1. The van der Waals surface area contributed by atoms with E-state index in [0.717, 1.165) is 49.9 Å². The number of hydrogen-bond acceptors (Lipinski definition) is 2. The van der Waals surface area contributed by atoms with E-state index in [1.165, 1.54) is 114 Å². The lowest BCUT2D eigenvalue weighted by molar-refractivity contribution is 0.226. The van der Waals surface area contributed by atoms with Crippen LogP contribution in [0.15, 0.2) is 34.4 Å². The molecule has 4 atom stereocenters. The minimum absolute atomic E-state index is 0.495. The minimum atomic E-state index is -0.624. The zero-order chi connectivity index (χ0) is 31.4. The molecule has 0 radical (unpaired) electrons. The smallest absolute Gasteiger partial charge is 0.0917 e. The zero-order valence-electron chi connectivity index (χ0n) is 29.6. The lowest BCUT2D eigenvalue weighted by Gasteiger charge is -2.32. The molecule has 0 saturated heterocycles. The Morgan fingerprint density at radius 2 is 1.63 bits per heavy atom. The van der Waals surface area contributed by atoms with Crippen molar-refractivity contribution in [3.63, 3.8) is 0 Å². The third kappa shape index (κ3) is 11.9. The van der Waals surface area contributed by atoms with Crippen LogP contribution in [0.5, 0.6) is 0 Å². The maximum Gasteiger partial charge on any atom is 0.0917 e. The van der Waals surface area contributed by atoms with Crippen LogP contribution < -0.4 is 0 Å². The summed E-state index contributed by atoms with van der Waals surface area (Å²) in [6, 6.07) is 0. The first-order valence-corrected chi connectivity index (χ1v) is 18.9. The van der Waals surface area contributed by atoms with Gasteiger partial charge < -0.3 is 10.5 Å². The van der Waals surface area contributed by atoms with Gasteiger partial charge in [0.15, 0.2) is 0 Å². The zero-order valence-corrected chi connectivity index (χ0v) is 29.6. The fourth-order valence-electron chi connectivity index (χ4n) is 7.99.